The van der Waals surface area contributed by atoms with Gasteiger partial charge in [0.1, 0.15) is 5.75 Å². The Labute approximate surface area is 172 Å². The summed E-state index contributed by atoms with van der Waals surface area (Å²) in [5.74, 6) is 6.41. The van der Waals surface area contributed by atoms with Crippen LogP contribution in [0.25, 0.3) is 0 Å². The molecule has 2 fully saturated rings. The number of ether oxygens (including phenoxy) is 1. The molecule has 2 saturated heterocycles. The second kappa shape index (κ2) is 9.07. The van der Waals surface area contributed by atoms with Crippen LogP contribution in [-0.4, -0.2) is 42.1 Å². The first-order valence-corrected chi connectivity index (χ1v) is 10.6. The average molecular weight is 404 g/mol. The van der Waals surface area contributed by atoms with Crippen molar-refractivity contribution >= 4 is 23.2 Å². The van der Waals surface area contributed by atoms with E-state index in [4.69, 9.17) is 22.1 Å². The number of nitrogens with one attached hydrogen (secondary N) is 1. The zero-order chi connectivity index (χ0) is 20.3. The number of benzene rings is 1. The summed E-state index contributed by atoms with van der Waals surface area (Å²) in [6.45, 7) is 4.00. The average Bonchev–Trinajstić information content (AvgIpc) is 2.88. The van der Waals surface area contributed by atoms with Gasteiger partial charge < -0.3 is 20.7 Å². The van der Waals surface area contributed by atoms with E-state index in [1.165, 1.54) is 12.8 Å². The quantitative estimate of drug-likeness (QED) is 0.578. The molecule has 6 heteroatoms. The van der Waals surface area contributed by atoms with Crippen molar-refractivity contribution in [1.82, 2.24) is 10.2 Å². The molecule has 28 heavy (non-hydrogen) atoms. The Bertz CT molecular complexity index is 772. The second-order valence-corrected chi connectivity index (χ2v) is 8.16. The molecule has 152 valence electrons. The first-order chi connectivity index (χ1) is 13.4. The molecular formula is C22H30ClN3O2. The number of hydrogen-bond donors (Lipinski definition) is 2. The van der Waals surface area contributed by atoms with Gasteiger partial charge in [0, 0.05) is 30.6 Å². The molecule has 5 nitrogen and oxygen atoms in total. The highest BCUT2D eigenvalue weighted by atomic mass is 35.5. The fraction of sp³-hybridized carbons (Fsp3) is 0.591. The van der Waals surface area contributed by atoms with Crippen molar-refractivity contribution in [3.63, 3.8) is 0 Å². The standard InChI is InChI=1S/C22H30ClN3O2/c1-4-6-7-17(5-2)28-21-13-20(24)19(23)12-18(21)22(27)25-14-10-15-8-9-16(11-14)26(15)3/h12-17H,4-5,8-11,24H2,1-3H3,(H,25,27). The molecule has 0 saturated carbocycles. The van der Waals surface area contributed by atoms with E-state index in [1.54, 1.807) is 12.1 Å². The fourth-order valence-corrected chi connectivity index (χ4v) is 4.38. The van der Waals surface area contributed by atoms with Crippen LogP contribution in [0.4, 0.5) is 5.69 Å². The van der Waals surface area contributed by atoms with Crippen LogP contribution in [-0.2, 0) is 0 Å². The molecule has 3 unspecified atom stereocenters. The van der Waals surface area contributed by atoms with Gasteiger partial charge in [0.25, 0.3) is 5.91 Å². The maximum atomic E-state index is 13.1. The molecule has 0 aliphatic carbocycles. The summed E-state index contributed by atoms with van der Waals surface area (Å²) in [4.78, 5) is 15.5. The first kappa shape index (κ1) is 20.8. The van der Waals surface area contributed by atoms with Crippen LogP contribution in [0.1, 0.15) is 62.7 Å². The fourth-order valence-electron chi connectivity index (χ4n) is 4.22. The summed E-state index contributed by atoms with van der Waals surface area (Å²) < 4.78 is 6.03. The van der Waals surface area contributed by atoms with Crippen molar-refractivity contribution in [3.05, 3.63) is 22.7 Å². The van der Waals surface area contributed by atoms with Gasteiger partial charge in [-0.3, -0.25) is 4.79 Å². The van der Waals surface area contributed by atoms with E-state index in [-0.39, 0.29) is 18.1 Å². The molecule has 3 rings (SSSR count). The zero-order valence-corrected chi connectivity index (χ0v) is 17.7. The highest BCUT2D eigenvalue weighted by Gasteiger charge is 2.39. The third-order valence-electron chi connectivity index (χ3n) is 5.86. The highest BCUT2D eigenvalue weighted by Crippen LogP contribution is 2.35. The van der Waals surface area contributed by atoms with Gasteiger partial charge in [-0.15, -0.1) is 0 Å². The monoisotopic (exact) mass is 403 g/mol. The summed E-state index contributed by atoms with van der Waals surface area (Å²) in [5.41, 5.74) is 6.78. The van der Waals surface area contributed by atoms with Gasteiger partial charge in [0.05, 0.1) is 16.3 Å². The van der Waals surface area contributed by atoms with Crippen molar-refractivity contribution in [3.8, 4) is 17.6 Å². The Morgan fingerprint density at radius 3 is 2.64 bits per heavy atom. The molecule has 3 N–H and O–H groups in total. The Kier molecular flexibility index (Phi) is 6.74. The number of amides is 1. The van der Waals surface area contributed by atoms with Crippen LogP contribution in [0.15, 0.2) is 12.1 Å². The van der Waals surface area contributed by atoms with Crippen molar-refractivity contribution in [2.45, 2.75) is 76.6 Å². The Hall–Kier alpha value is -1.90. The summed E-state index contributed by atoms with van der Waals surface area (Å²) in [6.07, 6.45) is 5.58. The lowest BCUT2D eigenvalue weighted by atomic mass is 9.97. The lowest BCUT2D eigenvalue weighted by Gasteiger charge is -2.36. The topological polar surface area (TPSA) is 67.6 Å². The number of fused-ring (bicyclic) bond motifs is 2. The molecule has 1 aromatic rings. The zero-order valence-electron chi connectivity index (χ0n) is 16.9. The molecule has 2 aliphatic heterocycles. The summed E-state index contributed by atoms with van der Waals surface area (Å²) in [7, 11) is 2.19. The van der Waals surface area contributed by atoms with Crippen molar-refractivity contribution in [2.75, 3.05) is 12.8 Å². The van der Waals surface area contributed by atoms with Crippen molar-refractivity contribution < 1.29 is 9.53 Å². The summed E-state index contributed by atoms with van der Waals surface area (Å²) >= 11 is 6.21. The number of carbonyl (C=O) groups excluding carboxylic acids is 1. The van der Waals surface area contributed by atoms with Gasteiger partial charge in [-0.05, 0) is 45.2 Å². The maximum absolute atomic E-state index is 13.1. The Balaban J connectivity index is 1.78. The number of rotatable bonds is 5. The number of carbonyl (C=O) groups is 1. The van der Waals surface area contributed by atoms with Crippen LogP contribution < -0.4 is 15.8 Å². The largest absolute Gasteiger partial charge is 0.477 e. The SMILES string of the molecule is CCC#CC(CC)Oc1cc(N)c(Cl)cc1C(=O)NC1CC2CCC(C1)N2C. The number of nitrogens with zero attached hydrogens (tertiary/aromatic N) is 1. The van der Waals surface area contributed by atoms with E-state index < -0.39 is 0 Å². The molecule has 0 aromatic heterocycles. The third kappa shape index (κ3) is 4.56. The minimum absolute atomic E-state index is 0.163. The molecule has 2 heterocycles. The van der Waals surface area contributed by atoms with E-state index in [1.807, 2.05) is 13.8 Å². The summed E-state index contributed by atoms with van der Waals surface area (Å²) in [5, 5.41) is 3.55. The molecule has 3 atom stereocenters. The van der Waals surface area contributed by atoms with Crippen molar-refractivity contribution in [2.24, 2.45) is 0 Å². The van der Waals surface area contributed by atoms with Gasteiger partial charge in [-0.1, -0.05) is 37.3 Å². The predicted octanol–water partition coefficient (Wildman–Crippen LogP) is 3.85. The second-order valence-electron chi connectivity index (χ2n) is 7.75. The molecule has 2 bridgehead atoms. The summed E-state index contributed by atoms with van der Waals surface area (Å²) in [6, 6.07) is 4.52. The molecule has 1 aromatic carbocycles. The molecule has 1 amide bonds. The van der Waals surface area contributed by atoms with Gasteiger partial charge in [0.15, 0.2) is 6.10 Å². The van der Waals surface area contributed by atoms with E-state index in [2.05, 4.69) is 29.1 Å². The van der Waals surface area contributed by atoms with Gasteiger partial charge >= 0.3 is 0 Å². The minimum atomic E-state index is -0.286. The highest BCUT2D eigenvalue weighted by molar-refractivity contribution is 6.33. The Morgan fingerprint density at radius 2 is 2.04 bits per heavy atom. The maximum Gasteiger partial charge on any atom is 0.255 e. The predicted molar refractivity (Wildman–Crippen MR) is 114 cm³/mol. The van der Waals surface area contributed by atoms with Crippen LogP contribution >= 0.6 is 11.6 Å². The lowest BCUT2D eigenvalue weighted by molar-refractivity contribution is 0.0877. The number of anilines is 1. The number of nitrogens with two attached hydrogens (primary N) is 1. The van der Waals surface area contributed by atoms with E-state index in [9.17, 15) is 4.79 Å². The van der Waals surface area contributed by atoms with E-state index >= 15 is 0 Å². The smallest absolute Gasteiger partial charge is 0.255 e. The van der Waals surface area contributed by atoms with E-state index in [0.717, 1.165) is 25.7 Å². The van der Waals surface area contributed by atoms with Crippen molar-refractivity contribution in [1.29, 1.82) is 0 Å². The third-order valence-corrected chi connectivity index (χ3v) is 6.18. The minimum Gasteiger partial charge on any atom is -0.477 e. The number of nitrogen functional groups attached to an aromatic ring is 1. The van der Waals surface area contributed by atoms with Crippen LogP contribution in [0, 0.1) is 11.8 Å². The molecule has 0 spiro atoms. The lowest BCUT2D eigenvalue weighted by Crippen LogP contribution is -2.48. The van der Waals surface area contributed by atoms with Gasteiger partial charge in [-0.25, -0.2) is 0 Å². The normalized spacial score (nSPS) is 24.9. The molecule has 2 aliphatic rings. The number of halogens is 1. The van der Waals surface area contributed by atoms with Crippen LogP contribution in [0.3, 0.4) is 0 Å². The molecule has 0 radical (unpaired) electrons. The van der Waals surface area contributed by atoms with Gasteiger partial charge in [0.2, 0.25) is 0 Å². The van der Waals surface area contributed by atoms with Gasteiger partial charge in [-0.2, -0.15) is 0 Å². The Morgan fingerprint density at radius 1 is 1.36 bits per heavy atom. The number of hydrogen-bond acceptors (Lipinski definition) is 4. The van der Waals surface area contributed by atoms with E-state index in [0.29, 0.717) is 34.1 Å². The van der Waals surface area contributed by atoms with Crippen LogP contribution in [0.5, 0.6) is 5.75 Å². The molecular weight excluding hydrogens is 374 g/mol. The first-order valence-electron chi connectivity index (χ1n) is 10.2. The number of piperidine rings is 1. The van der Waals surface area contributed by atoms with Crippen LogP contribution in [0.2, 0.25) is 5.02 Å².